The lowest BCUT2D eigenvalue weighted by molar-refractivity contribution is 0.613. The van der Waals surface area contributed by atoms with Crippen LogP contribution in [0.2, 0.25) is 5.02 Å². The maximum absolute atomic E-state index is 13.8. The van der Waals surface area contributed by atoms with Crippen molar-refractivity contribution in [2.45, 2.75) is 6.54 Å². The van der Waals surface area contributed by atoms with Gasteiger partial charge in [0, 0.05) is 29.5 Å². The summed E-state index contributed by atoms with van der Waals surface area (Å²) in [4.78, 5) is 0. The Kier molecular flexibility index (Phi) is 3.88. The highest BCUT2D eigenvalue weighted by Gasteiger charge is 2.08. The molecule has 3 nitrogen and oxygen atoms in total. The van der Waals surface area contributed by atoms with Gasteiger partial charge in [-0.15, -0.1) is 0 Å². The van der Waals surface area contributed by atoms with Gasteiger partial charge in [-0.3, -0.25) is 0 Å². The molecule has 0 atom stereocenters. The lowest BCUT2D eigenvalue weighted by atomic mass is 10.2. The minimum Gasteiger partial charge on any atom is -0.379 e. The Labute approximate surface area is 127 Å². The molecular weight excluding hydrogens is 289 g/mol. The summed E-state index contributed by atoms with van der Waals surface area (Å²) < 4.78 is 15.5. The number of hydrogen-bond donors (Lipinski definition) is 1. The fraction of sp³-hybridized carbons (Fsp3) is 0.0625. The topological polar surface area (TPSA) is 29.9 Å². The average molecular weight is 302 g/mol. The average Bonchev–Trinajstić information content (AvgIpc) is 3.01. The van der Waals surface area contributed by atoms with Gasteiger partial charge >= 0.3 is 0 Å². The molecule has 21 heavy (non-hydrogen) atoms. The Hall–Kier alpha value is -2.33. The van der Waals surface area contributed by atoms with Gasteiger partial charge in [-0.05, 0) is 30.3 Å². The second kappa shape index (κ2) is 5.97. The third-order valence-corrected chi connectivity index (χ3v) is 3.53. The summed E-state index contributed by atoms with van der Waals surface area (Å²) in [7, 11) is 0. The molecule has 0 spiro atoms. The zero-order chi connectivity index (χ0) is 14.7. The van der Waals surface area contributed by atoms with E-state index in [0.717, 1.165) is 11.4 Å². The number of benzene rings is 2. The number of halogens is 2. The van der Waals surface area contributed by atoms with Crippen molar-refractivity contribution in [1.82, 2.24) is 9.78 Å². The molecule has 2 aromatic carbocycles. The number of aromatic nitrogens is 2. The molecule has 0 saturated carbocycles. The van der Waals surface area contributed by atoms with Crippen molar-refractivity contribution in [2.75, 3.05) is 5.32 Å². The summed E-state index contributed by atoms with van der Waals surface area (Å²) in [5.41, 5.74) is 2.21. The van der Waals surface area contributed by atoms with Crippen molar-refractivity contribution in [1.29, 1.82) is 0 Å². The minimum atomic E-state index is -0.313. The van der Waals surface area contributed by atoms with Crippen LogP contribution in [0.15, 0.2) is 60.9 Å². The molecule has 3 rings (SSSR count). The molecule has 5 heteroatoms. The van der Waals surface area contributed by atoms with Crippen LogP contribution in [0.25, 0.3) is 5.69 Å². The number of anilines is 1. The lowest BCUT2D eigenvalue weighted by Crippen LogP contribution is -2.06. The van der Waals surface area contributed by atoms with Gasteiger partial charge < -0.3 is 5.32 Å². The molecule has 0 amide bonds. The van der Waals surface area contributed by atoms with E-state index in [0.29, 0.717) is 17.1 Å². The second-order valence-corrected chi connectivity index (χ2v) is 4.93. The van der Waals surface area contributed by atoms with Gasteiger partial charge in [0.1, 0.15) is 5.82 Å². The van der Waals surface area contributed by atoms with E-state index in [4.69, 9.17) is 11.6 Å². The third-order valence-electron chi connectivity index (χ3n) is 3.17. The minimum absolute atomic E-state index is 0.309. The molecular formula is C16H13ClFN3. The van der Waals surface area contributed by atoms with Crippen molar-refractivity contribution in [2.24, 2.45) is 0 Å². The summed E-state index contributed by atoms with van der Waals surface area (Å²) in [5, 5.41) is 7.84. The van der Waals surface area contributed by atoms with Crippen molar-refractivity contribution in [3.63, 3.8) is 0 Å². The lowest BCUT2D eigenvalue weighted by Gasteiger charge is -2.13. The van der Waals surface area contributed by atoms with Crippen LogP contribution in [-0.2, 0) is 6.54 Å². The predicted octanol–water partition coefficient (Wildman–Crippen LogP) is 4.28. The first-order valence-corrected chi connectivity index (χ1v) is 6.89. The van der Waals surface area contributed by atoms with Crippen molar-refractivity contribution in [3.05, 3.63) is 77.3 Å². The van der Waals surface area contributed by atoms with Crippen LogP contribution in [-0.4, -0.2) is 9.78 Å². The number of nitrogens with one attached hydrogen (secondary N) is 1. The van der Waals surface area contributed by atoms with E-state index in [1.165, 1.54) is 6.07 Å². The first-order chi connectivity index (χ1) is 10.3. The van der Waals surface area contributed by atoms with E-state index >= 15 is 0 Å². The zero-order valence-corrected chi connectivity index (χ0v) is 11.9. The Morgan fingerprint density at radius 2 is 1.95 bits per heavy atom. The number of rotatable bonds is 4. The molecule has 3 aromatic rings. The van der Waals surface area contributed by atoms with Gasteiger partial charge in [0.05, 0.1) is 11.4 Å². The smallest absolute Gasteiger partial charge is 0.129 e. The predicted molar refractivity (Wildman–Crippen MR) is 82.3 cm³/mol. The van der Waals surface area contributed by atoms with Gasteiger partial charge in [-0.2, -0.15) is 5.10 Å². The maximum atomic E-state index is 13.8. The molecule has 0 aliphatic rings. The second-order valence-electron chi connectivity index (χ2n) is 4.52. The molecule has 1 N–H and O–H groups in total. The van der Waals surface area contributed by atoms with Crippen molar-refractivity contribution < 1.29 is 4.39 Å². The summed E-state index contributed by atoms with van der Waals surface area (Å²) in [6.07, 6.45) is 3.57. The van der Waals surface area contributed by atoms with Crippen LogP contribution in [0.1, 0.15) is 5.56 Å². The normalized spacial score (nSPS) is 10.6. The molecule has 106 valence electrons. The van der Waals surface area contributed by atoms with E-state index < -0.39 is 0 Å². The highest BCUT2D eigenvalue weighted by Crippen LogP contribution is 2.23. The van der Waals surface area contributed by atoms with Gasteiger partial charge in [-0.1, -0.05) is 29.8 Å². The Bertz CT molecular complexity index is 721. The first kappa shape index (κ1) is 13.6. The zero-order valence-electron chi connectivity index (χ0n) is 11.1. The summed E-state index contributed by atoms with van der Waals surface area (Å²) in [6.45, 7) is 0.309. The molecule has 0 radical (unpaired) electrons. The Balaban J connectivity index is 1.86. The third kappa shape index (κ3) is 2.90. The quantitative estimate of drug-likeness (QED) is 0.779. The fourth-order valence-electron chi connectivity index (χ4n) is 2.12. The van der Waals surface area contributed by atoms with Crippen LogP contribution >= 0.6 is 11.6 Å². The monoisotopic (exact) mass is 301 g/mol. The molecule has 0 unspecified atom stereocenters. The van der Waals surface area contributed by atoms with Crippen molar-refractivity contribution in [3.8, 4) is 5.69 Å². The largest absolute Gasteiger partial charge is 0.379 e. The molecule has 1 heterocycles. The number of para-hydroxylation sites is 2. The van der Waals surface area contributed by atoms with E-state index in [-0.39, 0.29) is 5.82 Å². The first-order valence-electron chi connectivity index (χ1n) is 6.51. The fourth-order valence-corrected chi connectivity index (χ4v) is 2.35. The van der Waals surface area contributed by atoms with E-state index in [1.54, 1.807) is 23.0 Å². The highest BCUT2D eigenvalue weighted by atomic mass is 35.5. The Morgan fingerprint density at radius 1 is 1.10 bits per heavy atom. The van der Waals surface area contributed by atoms with Crippen molar-refractivity contribution >= 4 is 17.3 Å². The van der Waals surface area contributed by atoms with E-state index in [1.807, 2.05) is 36.5 Å². The molecule has 0 bridgehead atoms. The van der Waals surface area contributed by atoms with Gasteiger partial charge in [0.2, 0.25) is 0 Å². The van der Waals surface area contributed by atoms with Gasteiger partial charge in [0.25, 0.3) is 0 Å². The maximum Gasteiger partial charge on any atom is 0.129 e. The van der Waals surface area contributed by atoms with E-state index in [9.17, 15) is 4.39 Å². The summed E-state index contributed by atoms with van der Waals surface area (Å²) in [6, 6.07) is 14.2. The summed E-state index contributed by atoms with van der Waals surface area (Å²) >= 11 is 6.04. The molecule has 1 aromatic heterocycles. The SMILES string of the molecule is Fc1cccc(Cl)c1CNc1ccccc1-n1cccn1. The van der Waals surface area contributed by atoms with Crippen LogP contribution in [0.5, 0.6) is 0 Å². The molecule has 0 aliphatic carbocycles. The summed E-state index contributed by atoms with van der Waals surface area (Å²) in [5.74, 6) is -0.313. The van der Waals surface area contributed by atoms with Gasteiger partial charge in [-0.25, -0.2) is 9.07 Å². The van der Waals surface area contributed by atoms with Crippen LogP contribution in [0.3, 0.4) is 0 Å². The highest BCUT2D eigenvalue weighted by molar-refractivity contribution is 6.31. The Morgan fingerprint density at radius 3 is 2.71 bits per heavy atom. The van der Waals surface area contributed by atoms with Crippen LogP contribution in [0, 0.1) is 5.82 Å². The standard InChI is InChI=1S/C16H13ClFN3/c17-13-5-3-6-14(18)12(13)11-19-15-7-1-2-8-16(15)21-10-4-9-20-21/h1-10,19H,11H2. The molecule has 0 aliphatic heterocycles. The van der Waals surface area contributed by atoms with Gasteiger partial charge in [0.15, 0.2) is 0 Å². The number of nitrogens with zero attached hydrogens (tertiary/aromatic N) is 2. The molecule has 0 saturated heterocycles. The molecule has 0 fully saturated rings. The van der Waals surface area contributed by atoms with Crippen LogP contribution in [0.4, 0.5) is 10.1 Å². The van der Waals surface area contributed by atoms with Crippen LogP contribution < -0.4 is 5.32 Å². The van der Waals surface area contributed by atoms with E-state index in [2.05, 4.69) is 10.4 Å². The number of hydrogen-bond acceptors (Lipinski definition) is 2.